The molecule has 4 aliphatic heterocycles. The first kappa shape index (κ1) is 13.0. The van der Waals surface area contributed by atoms with Gasteiger partial charge in [-0.2, -0.15) is 0 Å². The first-order valence-electron chi connectivity index (χ1n) is 7.59. The molecule has 0 amide bonds. The largest absolute Gasteiger partial charge is 0.276 e. The Labute approximate surface area is 123 Å². The molecular formula is C18H24NP. The number of nitrogens with zero attached hydrogens (tertiary/aromatic N) is 1. The zero-order valence-electron chi connectivity index (χ0n) is 13.4. The van der Waals surface area contributed by atoms with Gasteiger partial charge < -0.3 is 0 Å². The first-order chi connectivity index (χ1) is 9.33. The summed E-state index contributed by atoms with van der Waals surface area (Å²) in [5.74, 6) is 0. The van der Waals surface area contributed by atoms with E-state index in [9.17, 15) is 0 Å². The molecule has 6 rings (SSSR count). The second-order valence-corrected chi connectivity index (χ2v) is 10.3. The Bertz CT molecular complexity index is 608. The quantitative estimate of drug-likeness (QED) is 0.521. The van der Waals surface area contributed by atoms with Gasteiger partial charge >= 0.3 is 0 Å². The molecule has 3 atom stereocenters. The van der Waals surface area contributed by atoms with E-state index < -0.39 is 0 Å². The summed E-state index contributed by atoms with van der Waals surface area (Å²) >= 11 is 0. The van der Waals surface area contributed by atoms with Crippen molar-refractivity contribution in [2.75, 3.05) is 7.05 Å². The van der Waals surface area contributed by atoms with Crippen LogP contribution >= 0.6 is 8.07 Å². The lowest BCUT2D eigenvalue weighted by Crippen LogP contribution is -2.59. The molecule has 2 heteroatoms. The Hall–Kier alpha value is -0.650. The van der Waals surface area contributed by atoms with Crippen LogP contribution in [-0.2, 0) is 0 Å². The zero-order valence-corrected chi connectivity index (χ0v) is 14.3. The summed E-state index contributed by atoms with van der Waals surface area (Å²) in [6.07, 6.45) is 0. The highest BCUT2D eigenvalue weighted by molar-refractivity contribution is 7.62. The first-order valence-corrected chi connectivity index (χ1v) is 8.89. The molecule has 3 fully saturated rings. The summed E-state index contributed by atoms with van der Waals surface area (Å²) < 4.78 is 2.73. The van der Waals surface area contributed by atoms with Crippen molar-refractivity contribution in [3.63, 3.8) is 0 Å². The maximum absolute atomic E-state index is 2.73. The number of hydrogen-bond acceptors (Lipinski definition) is 1. The standard InChI is InChI=1S/C18H24NP/c1-12-13(2)18(5)16(3)15(14-10-8-7-9-11-14)19(6)20(18)17(12,16)4/h7-11,15H,1-6H3/t15-,16?,17?,18?,20?/m1/s1. The molecule has 2 unspecified atom stereocenters. The number of hydrogen-bond donors (Lipinski definition) is 0. The third kappa shape index (κ3) is 0.911. The SMILES string of the molecule is CC1=C(C)C2(C)P3N(C)[C@H](c4ccccc4)C2(C)C13C. The van der Waals surface area contributed by atoms with E-state index in [1.54, 1.807) is 11.1 Å². The molecule has 0 aromatic heterocycles. The van der Waals surface area contributed by atoms with Crippen molar-refractivity contribution < 1.29 is 0 Å². The summed E-state index contributed by atoms with van der Waals surface area (Å²) in [6, 6.07) is 11.7. The van der Waals surface area contributed by atoms with Crippen LogP contribution in [-0.4, -0.2) is 22.0 Å². The highest BCUT2D eigenvalue weighted by Crippen LogP contribution is 2.99. The maximum Gasteiger partial charge on any atom is 0.0460 e. The van der Waals surface area contributed by atoms with Gasteiger partial charge in [-0.3, -0.25) is 4.67 Å². The molecule has 1 nitrogen and oxygen atoms in total. The number of allylic oxidation sites excluding steroid dienone is 2. The van der Waals surface area contributed by atoms with Crippen LogP contribution in [0.15, 0.2) is 41.5 Å². The van der Waals surface area contributed by atoms with E-state index >= 15 is 0 Å². The normalized spacial score (nSPS) is 49.7. The molecule has 3 saturated heterocycles. The number of fused-ring (bicyclic) bond motifs is 1. The number of rotatable bonds is 1. The van der Waals surface area contributed by atoms with Crippen molar-refractivity contribution in [2.24, 2.45) is 5.41 Å². The van der Waals surface area contributed by atoms with Gasteiger partial charge in [-0.05, 0) is 48.4 Å². The predicted molar refractivity (Wildman–Crippen MR) is 87.2 cm³/mol. The average molecular weight is 285 g/mol. The lowest BCUT2D eigenvalue weighted by Gasteiger charge is -2.62. The molecule has 1 aliphatic carbocycles. The van der Waals surface area contributed by atoms with E-state index in [-0.39, 0.29) is 8.07 Å². The highest BCUT2D eigenvalue weighted by Gasteiger charge is 2.87. The summed E-state index contributed by atoms with van der Waals surface area (Å²) in [4.78, 5) is 0. The van der Waals surface area contributed by atoms with E-state index in [2.05, 4.69) is 76.7 Å². The maximum atomic E-state index is 2.73. The van der Waals surface area contributed by atoms with Crippen molar-refractivity contribution in [2.45, 2.75) is 51.0 Å². The van der Waals surface area contributed by atoms with Crippen LogP contribution in [0, 0.1) is 5.41 Å². The molecular weight excluding hydrogens is 261 g/mol. The van der Waals surface area contributed by atoms with Gasteiger partial charge in [-0.15, -0.1) is 0 Å². The fourth-order valence-corrected chi connectivity index (χ4v) is 11.1. The summed E-state index contributed by atoms with van der Waals surface area (Å²) in [7, 11) is 2.28. The molecule has 20 heavy (non-hydrogen) atoms. The molecule has 0 spiro atoms. The third-order valence-electron chi connectivity index (χ3n) is 7.24. The second-order valence-electron chi connectivity index (χ2n) is 7.30. The minimum absolute atomic E-state index is 0.0891. The monoisotopic (exact) mass is 285 g/mol. The predicted octanol–water partition coefficient (Wildman–Crippen LogP) is 4.96. The number of benzene rings is 1. The van der Waals surface area contributed by atoms with Crippen LogP contribution in [0.25, 0.3) is 0 Å². The van der Waals surface area contributed by atoms with Crippen LogP contribution in [0.1, 0.15) is 46.2 Å². The Morgan fingerprint density at radius 1 is 0.950 bits per heavy atom. The lowest BCUT2D eigenvalue weighted by molar-refractivity contribution is 0.147. The van der Waals surface area contributed by atoms with Gasteiger partial charge in [0.05, 0.1) is 0 Å². The van der Waals surface area contributed by atoms with Crippen LogP contribution in [0.2, 0.25) is 0 Å². The van der Waals surface area contributed by atoms with Gasteiger partial charge in [-0.1, -0.05) is 48.4 Å². The smallest absolute Gasteiger partial charge is 0.0460 e. The molecule has 1 aromatic carbocycles. The fourth-order valence-electron chi connectivity index (χ4n) is 5.97. The minimum Gasteiger partial charge on any atom is -0.276 e. The van der Waals surface area contributed by atoms with Crippen LogP contribution in [0.3, 0.4) is 0 Å². The molecule has 1 aromatic rings. The molecule has 0 saturated carbocycles. The molecule has 5 aliphatic rings. The Morgan fingerprint density at radius 2 is 1.45 bits per heavy atom. The Kier molecular flexibility index (Phi) is 2.21. The summed E-state index contributed by atoms with van der Waals surface area (Å²) in [5, 5.41) is 0.826. The van der Waals surface area contributed by atoms with Crippen molar-refractivity contribution in [3.8, 4) is 0 Å². The van der Waals surface area contributed by atoms with E-state index in [1.807, 2.05) is 0 Å². The van der Waals surface area contributed by atoms with Gasteiger partial charge in [0.25, 0.3) is 0 Å². The van der Waals surface area contributed by atoms with E-state index in [0.29, 0.717) is 21.8 Å². The van der Waals surface area contributed by atoms with E-state index in [4.69, 9.17) is 0 Å². The van der Waals surface area contributed by atoms with Crippen LogP contribution < -0.4 is 0 Å². The van der Waals surface area contributed by atoms with Gasteiger partial charge in [0.15, 0.2) is 0 Å². The molecule has 0 N–H and O–H groups in total. The lowest BCUT2D eigenvalue weighted by atomic mass is 9.63. The van der Waals surface area contributed by atoms with Gasteiger partial charge in [0, 0.05) is 21.8 Å². The van der Waals surface area contributed by atoms with Crippen molar-refractivity contribution in [1.82, 2.24) is 4.67 Å². The average Bonchev–Trinajstić information content (AvgIpc) is 2.87. The topological polar surface area (TPSA) is 3.24 Å². The Morgan fingerprint density at radius 3 is 1.90 bits per heavy atom. The van der Waals surface area contributed by atoms with Gasteiger partial charge in [0.1, 0.15) is 0 Å². The van der Waals surface area contributed by atoms with E-state index in [1.165, 1.54) is 5.56 Å². The summed E-state index contributed by atoms with van der Waals surface area (Å²) in [6.45, 7) is 12.4. The van der Waals surface area contributed by atoms with Gasteiger partial charge in [-0.25, -0.2) is 0 Å². The van der Waals surface area contributed by atoms with Crippen LogP contribution in [0.5, 0.6) is 0 Å². The molecule has 4 heterocycles. The van der Waals surface area contributed by atoms with Crippen molar-refractivity contribution in [3.05, 3.63) is 47.0 Å². The molecule has 4 bridgehead atoms. The summed E-state index contributed by atoms with van der Waals surface area (Å²) in [5.41, 5.74) is 5.22. The zero-order chi connectivity index (χ0) is 14.5. The highest BCUT2D eigenvalue weighted by atomic mass is 31.1. The van der Waals surface area contributed by atoms with Gasteiger partial charge in [0.2, 0.25) is 0 Å². The Balaban J connectivity index is 1.94. The molecule has 106 valence electrons. The van der Waals surface area contributed by atoms with Crippen molar-refractivity contribution >= 4 is 8.07 Å². The fraction of sp³-hybridized carbons (Fsp3) is 0.556. The second kappa shape index (κ2) is 3.39. The van der Waals surface area contributed by atoms with E-state index in [0.717, 1.165) is 0 Å². The minimum atomic E-state index is -0.0891. The van der Waals surface area contributed by atoms with Crippen molar-refractivity contribution in [1.29, 1.82) is 0 Å². The third-order valence-corrected chi connectivity index (χ3v) is 11.4. The molecule has 0 radical (unpaired) electrons. The van der Waals surface area contributed by atoms with Crippen LogP contribution in [0.4, 0.5) is 0 Å².